The van der Waals surface area contributed by atoms with E-state index in [1.54, 1.807) is 11.8 Å². The molecule has 2 aromatic rings. The van der Waals surface area contributed by atoms with Crippen LogP contribution < -0.4 is 15.4 Å². The summed E-state index contributed by atoms with van der Waals surface area (Å²) in [5.74, 6) is -0.0789. The van der Waals surface area contributed by atoms with Crippen molar-refractivity contribution in [2.75, 3.05) is 31.5 Å². The van der Waals surface area contributed by atoms with Crippen LogP contribution >= 0.6 is 11.6 Å². The Morgan fingerprint density at radius 3 is 2.56 bits per heavy atom. The van der Waals surface area contributed by atoms with Gasteiger partial charge in [0.15, 0.2) is 6.10 Å². The summed E-state index contributed by atoms with van der Waals surface area (Å²) in [7, 11) is -3.91. The molecule has 3 amide bonds. The fraction of sp³-hybridized carbons (Fsp3) is 0.333. The first-order valence-corrected chi connectivity index (χ1v) is 12.0. The van der Waals surface area contributed by atoms with Crippen molar-refractivity contribution in [1.29, 1.82) is 0 Å². The summed E-state index contributed by atoms with van der Waals surface area (Å²) in [6.45, 7) is 2.77. The maximum atomic E-state index is 13.2. The quantitative estimate of drug-likeness (QED) is 0.700. The highest BCUT2D eigenvalue weighted by molar-refractivity contribution is 7.89. The largest absolute Gasteiger partial charge is 0.479 e. The van der Waals surface area contributed by atoms with E-state index in [0.717, 1.165) is 5.56 Å². The van der Waals surface area contributed by atoms with Crippen LogP contribution in [0.2, 0.25) is 5.02 Å². The molecule has 0 saturated carbocycles. The number of halogens is 1. The highest BCUT2D eigenvalue weighted by Crippen LogP contribution is 2.38. The van der Waals surface area contributed by atoms with Gasteiger partial charge < -0.3 is 20.3 Å². The van der Waals surface area contributed by atoms with Gasteiger partial charge >= 0.3 is 6.03 Å². The topological polar surface area (TPSA) is 108 Å². The zero-order chi connectivity index (χ0) is 22.9. The van der Waals surface area contributed by atoms with E-state index in [0.29, 0.717) is 12.2 Å². The lowest BCUT2D eigenvalue weighted by Gasteiger charge is -2.34. The Bertz CT molecular complexity index is 1130. The summed E-state index contributed by atoms with van der Waals surface area (Å²) in [6, 6.07) is 12.0. The van der Waals surface area contributed by atoms with Crippen LogP contribution in [0, 0.1) is 0 Å². The second-order valence-corrected chi connectivity index (χ2v) is 9.88. The molecular weight excluding hydrogens is 456 g/mol. The summed E-state index contributed by atoms with van der Waals surface area (Å²) >= 11 is 6.24. The molecule has 2 aliphatic rings. The SMILES string of the molecule is C[C@H]1Oc2cc(S(=O)(=O)N3CCN(C(=O)NCc4ccccc4)CC3)c(Cl)cc2NC1=O. The van der Waals surface area contributed by atoms with Gasteiger partial charge in [-0.25, -0.2) is 13.2 Å². The number of hydrogen-bond donors (Lipinski definition) is 2. The zero-order valence-electron chi connectivity index (χ0n) is 17.4. The maximum Gasteiger partial charge on any atom is 0.317 e. The van der Waals surface area contributed by atoms with Crippen molar-refractivity contribution < 1.29 is 22.7 Å². The number of fused-ring (bicyclic) bond motifs is 1. The number of nitrogens with one attached hydrogen (secondary N) is 2. The van der Waals surface area contributed by atoms with E-state index in [9.17, 15) is 18.0 Å². The summed E-state index contributed by atoms with van der Waals surface area (Å²) < 4.78 is 33.2. The van der Waals surface area contributed by atoms with Gasteiger partial charge in [0, 0.05) is 38.8 Å². The van der Waals surface area contributed by atoms with Crippen LogP contribution in [-0.4, -0.2) is 61.8 Å². The molecular formula is C21H23ClN4O5S. The Balaban J connectivity index is 1.41. The Kier molecular flexibility index (Phi) is 6.27. The molecule has 4 rings (SSSR count). The van der Waals surface area contributed by atoms with Crippen molar-refractivity contribution in [3.05, 3.63) is 53.1 Å². The lowest BCUT2D eigenvalue weighted by Crippen LogP contribution is -2.53. The van der Waals surface area contributed by atoms with Crippen molar-refractivity contribution in [2.45, 2.75) is 24.5 Å². The fourth-order valence-electron chi connectivity index (χ4n) is 3.56. The number of nitrogens with zero attached hydrogens (tertiary/aromatic N) is 2. The third-order valence-electron chi connectivity index (χ3n) is 5.40. The van der Waals surface area contributed by atoms with Crippen LogP contribution in [0.4, 0.5) is 10.5 Å². The monoisotopic (exact) mass is 478 g/mol. The zero-order valence-corrected chi connectivity index (χ0v) is 18.9. The molecule has 2 aromatic carbocycles. The number of carbonyl (C=O) groups excluding carboxylic acids is 2. The van der Waals surface area contributed by atoms with Crippen molar-refractivity contribution in [1.82, 2.24) is 14.5 Å². The molecule has 2 N–H and O–H groups in total. The summed E-state index contributed by atoms with van der Waals surface area (Å²) in [6.07, 6.45) is -0.739. The minimum absolute atomic E-state index is 0.00904. The number of amides is 3. The number of carbonyl (C=O) groups is 2. The minimum atomic E-state index is -3.91. The van der Waals surface area contributed by atoms with E-state index < -0.39 is 16.1 Å². The normalized spacial score (nSPS) is 19.0. The van der Waals surface area contributed by atoms with Gasteiger partial charge in [0.1, 0.15) is 10.6 Å². The number of ether oxygens (including phenoxy) is 1. The molecule has 11 heteroatoms. The number of benzene rings is 2. The molecule has 1 atom stereocenters. The van der Waals surface area contributed by atoms with E-state index in [1.807, 2.05) is 30.3 Å². The first-order valence-electron chi connectivity index (χ1n) is 10.1. The minimum Gasteiger partial charge on any atom is -0.479 e. The van der Waals surface area contributed by atoms with Gasteiger partial charge in [0.25, 0.3) is 5.91 Å². The van der Waals surface area contributed by atoms with Crippen molar-refractivity contribution in [3.63, 3.8) is 0 Å². The summed E-state index contributed by atoms with van der Waals surface area (Å²) in [4.78, 5) is 25.7. The van der Waals surface area contributed by atoms with Crippen molar-refractivity contribution >= 4 is 39.2 Å². The molecule has 0 aliphatic carbocycles. The van der Waals surface area contributed by atoms with Crippen LogP contribution in [0.25, 0.3) is 0 Å². The average molecular weight is 479 g/mol. The first-order chi connectivity index (χ1) is 15.3. The molecule has 9 nitrogen and oxygen atoms in total. The van der Waals surface area contributed by atoms with E-state index >= 15 is 0 Å². The molecule has 1 fully saturated rings. The Labute approximate surface area is 191 Å². The molecule has 0 radical (unpaired) electrons. The highest BCUT2D eigenvalue weighted by atomic mass is 35.5. The molecule has 0 spiro atoms. The number of urea groups is 1. The molecule has 0 bridgehead atoms. The van der Waals surface area contributed by atoms with Gasteiger partial charge in [-0.3, -0.25) is 4.79 Å². The predicted octanol–water partition coefficient (Wildman–Crippen LogP) is 2.28. The van der Waals surface area contributed by atoms with Gasteiger partial charge in [-0.2, -0.15) is 4.31 Å². The molecule has 2 aliphatic heterocycles. The molecule has 1 saturated heterocycles. The fourth-order valence-corrected chi connectivity index (χ4v) is 5.50. The third-order valence-corrected chi connectivity index (χ3v) is 7.76. The highest BCUT2D eigenvalue weighted by Gasteiger charge is 2.34. The second-order valence-electron chi connectivity index (χ2n) is 7.56. The Hall–Kier alpha value is -2.82. The van der Waals surface area contributed by atoms with E-state index in [1.165, 1.54) is 16.4 Å². The molecule has 170 valence electrons. The average Bonchev–Trinajstić information content (AvgIpc) is 2.79. The standard InChI is InChI=1S/C21H23ClN4O5S/c1-14-20(27)24-17-11-16(22)19(12-18(17)31-14)32(29,30)26-9-7-25(8-10-26)21(28)23-13-15-5-3-2-4-6-15/h2-6,11-12,14H,7-10,13H2,1H3,(H,23,28)(H,24,27)/t14-/m1/s1. The molecule has 32 heavy (non-hydrogen) atoms. The molecule has 2 heterocycles. The number of piperazine rings is 1. The predicted molar refractivity (Wildman–Crippen MR) is 119 cm³/mol. The van der Waals surface area contributed by atoms with E-state index in [4.69, 9.17) is 16.3 Å². The van der Waals surface area contributed by atoms with Gasteiger partial charge in [-0.1, -0.05) is 41.9 Å². The van der Waals surface area contributed by atoms with Gasteiger partial charge in [-0.05, 0) is 18.6 Å². The van der Waals surface area contributed by atoms with Crippen molar-refractivity contribution in [2.24, 2.45) is 0 Å². The van der Waals surface area contributed by atoms with Crippen LogP contribution in [0.5, 0.6) is 5.75 Å². The number of sulfonamides is 1. The molecule has 0 aromatic heterocycles. The van der Waals surface area contributed by atoms with Crippen molar-refractivity contribution in [3.8, 4) is 5.75 Å². The van der Waals surface area contributed by atoms with E-state index in [2.05, 4.69) is 10.6 Å². The number of hydrogen-bond acceptors (Lipinski definition) is 5. The van der Waals surface area contributed by atoms with Crippen LogP contribution in [0.1, 0.15) is 12.5 Å². The second kappa shape index (κ2) is 8.97. The van der Waals surface area contributed by atoms with Crippen LogP contribution in [-0.2, 0) is 21.4 Å². The van der Waals surface area contributed by atoms with E-state index in [-0.39, 0.29) is 53.8 Å². The van der Waals surface area contributed by atoms with Gasteiger partial charge in [0.2, 0.25) is 10.0 Å². The lowest BCUT2D eigenvalue weighted by atomic mass is 10.2. The maximum absolute atomic E-state index is 13.2. The van der Waals surface area contributed by atoms with Gasteiger partial charge in [-0.15, -0.1) is 0 Å². The molecule has 0 unspecified atom stereocenters. The van der Waals surface area contributed by atoms with Gasteiger partial charge in [0.05, 0.1) is 10.7 Å². The first kappa shape index (κ1) is 22.4. The lowest BCUT2D eigenvalue weighted by molar-refractivity contribution is -0.122. The third kappa shape index (κ3) is 4.52. The summed E-state index contributed by atoms with van der Waals surface area (Å²) in [5, 5.41) is 5.49. The van der Waals surface area contributed by atoms with Crippen LogP contribution in [0.15, 0.2) is 47.4 Å². The Morgan fingerprint density at radius 1 is 1.19 bits per heavy atom. The summed E-state index contributed by atoms with van der Waals surface area (Å²) in [5.41, 5.74) is 1.31. The number of anilines is 1. The van der Waals surface area contributed by atoms with Crippen LogP contribution in [0.3, 0.4) is 0 Å². The Morgan fingerprint density at radius 2 is 1.88 bits per heavy atom. The smallest absolute Gasteiger partial charge is 0.317 e. The number of rotatable bonds is 4.